The van der Waals surface area contributed by atoms with Crippen molar-refractivity contribution in [1.29, 1.82) is 0 Å². The molecule has 0 aliphatic carbocycles. The zero-order valence-electron chi connectivity index (χ0n) is 26.6. The van der Waals surface area contributed by atoms with Gasteiger partial charge in [0, 0.05) is 21.5 Å². The van der Waals surface area contributed by atoms with Gasteiger partial charge in [-0.15, -0.1) is 0 Å². The Kier molecular flexibility index (Phi) is 13.4. The van der Waals surface area contributed by atoms with Gasteiger partial charge in [0.05, 0.1) is 13.2 Å². The third-order valence-electron chi connectivity index (χ3n) is 8.04. The van der Waals surface area contributed by atoms with Crippen molar-refractivity contribution in [2.75, 3.05) is 26.4 Å². The fraction of sp³-hybridized carbons (Fsp3) is 0.556. The van der Waals surface area contributed by atoms with Gasteiger partial charge in [-0.1, -0.05) is 102 Å². The Morgan fingerprint density at radius 3 is 1.38 bits per heavy atom. The second kappa shape index (κ2) is 17.0. The van der Waals surface area contributed by atoms with E-state index in [9.17, 15) is 9.59 Å². The van der Waals surface area contributed by atoms with Crippen molar-refractivity contribution in [3.63, 3.8) is 0 Å². The van der Waals surface area contributed by atoms with Gasteiger partial charge < -0.3 is 18.9 Å². The third-order valence-corrected chi connectivity index (χ3v) is 8.04. The summed E-state index contributed by atoms with van der Waals surface area (Å²) in [5.41, 5.74) is 2.09. The molecule has 2 unspecified atom stereocenters. The first kappa shape index (κ1) is 33.2. The average Bonchev–Trinajstić information content (AvgIpc) is 2.99. The van der Waals surface area contributed by atoms with Crippen LogP contribution in [-0.4, -0.2) is 38.4 Å². The van der Waals surface area contributed by atoms with E-state index in [0.29, 0.717) is 36.5 Å². The van der Waals surface area contributed by atoms with Gasteiger partial charge in [0.2, 0.25) is 0 Å². The minimum Gasteiger partial charge on any atom is -0.481 e. The minimum atomic E-state index is -0.376. The van der Waals surface area contributed by atoms with Crippen LogP contribution in [0.2, 0.25) is 0 Å². The highest BCUT2D eigenvalue weighted by Crippen LogP contribution is 2.43. The maximum Gasteiger partial charge on any atom is 0.344 e. The first-order chi connectivity index (χ1) is 20.3. The van der Waals surface area contributed by atoms with Crippen LogP contribution in [0.15, 0.2) is 36.4 Å². The number of unbranched alkanes of at least 4 members (excludes halogenated alkanes) is 2. The average molecular weight is 579 g/mol. The Labute approximate surface area is 252 Å². The van der Waals surface area contributed by atoms with E-state index in [1.54, 1.807) is 0 Å². The predicted octanol–water partition coefficient (Wildman–Crippen LogP) is 8.89. The molecule has 3 aromatic rings. The molecule has 0 saturated heterocycles. The smallest absolute Gasteiger partial charge is 0.344 e. The molecule has 0 spiro atoms. The highest BCUT2D eigenvalue weighted by molar-refractivity contribution is 6.11. The summed E-state index contributed by atoms with van der Waals surface area (Å²) < 4.78 is 23.6. The third kappa shape index (κ3) is 9.37. The molecule has 3 aromatic carbocycles. The van der Waals surface area contributed by atoms with Crippen molar-refractivity contribution >= 4 is 33.5 Å². The summed E-state index contributed by atoms with van der Waals surface area (Å²) in [5, 5.41) is 3.27. The van der Waals surface area contributed by atoms with Crippen molar-refractivity contribution in [3.05, 3.63) is 47.5 Å². The molecule has 0 saturated carbocycles. The summed E-state index contributed by atoms with van der Waals surface area (Å²) in [4.78, 5) is 25.4. The zero-order valence-corrected chi connectivity index (χ0v) is 26.6. The molecule has 0 radical (unpaired) electrons. The van der Waals surface area contributed by atoms with Crippen LogP contribution in [0.5, 0.6) is 11.5 Å². The van der Waals surface area contributed by atoms with Crippen LogP contribution in [0.25, 0.3) is 21.5 Å². The van der Waals surface area contributed by atoms with Crippen molar-refractivity contribution in [3.8, 4) is 11.5 Å². The topological polar surface area (TPSA) is 71.1 Å². The molecule has 6 nitrogen and oxygen atoms in total. The molecule has 0 amide bonds. The van der Waals surface area contributed by atoms with Crippen LogP contribution in [0.4, 0.5) is 0 Å². The van der Waals surface area contributed by atoms with Gasteiger partial charge in [-0.05, 0) is 50.7 Å². The number of aryl methyl sites for hydroxylation is 2. The number of carbonyl (C=O) groups is 2. The lowest BCUT2D eigenvalue weighted by molar-refractivity contribution is -0.148. The van der Waals surface area contributed by atoms with Crippen molar-refractivity contribution in [2.24, 2.45) is 11.8 Å². The van der Waals surface area contributed by atoms with Crippen LogP contribution in [0, 0.1) is 25.7 Å². The standard InChI is InChI=1S/C36H50O6/c1-7-11-13-27(9-3)21-39-33(37)23-41-35-29-17-15-26(6)20-32(29)36(30-18-16-25(5)19-31(30)35)42-24-34(38)40-22-28(10-4)14-12-8-2/h15-20,27-28H,7-14,21-24H2,1-6H3. The van der Waals surface area contributed by atoms with Gasteiger partial charge >= 0.3 is 11.9 Å². The van der Waals surface area contributed by atoms with E-state index in [2.05, 4.69) is 27.7 Å². The Balaban J connectivity index is 1.83. The lowest BCUT2D eigenvalue weighted by atomic mass is 9.98. The molecule has 6 heteroatoms. The summed E-state index contributed by atoms with van der Waals surface area (Å²) in [6.07, 6.45) is 8.60. The molecule has 0 bridgehead atoms. The summed E-state index contributed by atoms with van der Waals surface area (Å²) in [6, 6.07) is 12.0. The summed E-state index contributed by atoms with van der Waals surface area (Å²) >= 11 is 0. The zero-order chi connectivity index (χ0) is 30.5. The number of hydrogen-bond donors (Lipinski definition) is 0. The summed E-state index contributed by atoms with van der Waals surface area (Å²) in [7, 11) is 0. The van der Waals surface area contributed by atoms with Gasteiger partial charge in [-0.25, -0.2) is 9.59 Å². The normalized spacial score (nSPS) is 12.7. The SMILES string of the molecule is CCCCC(CC)COC(=O)COc1c2ccc(C)cc2c(OCC(=O)OCC(CC)CCCC)c2ccc(C)cc12. The van der Waals surface area contributed by atoms with E-state index in [-0.39, 0.29) is 25.2 Å². The quantitative estimate of drug-likeness (QED) is 0.111. The fourth-order valence-electron chi connectivity index (χ4n) is 5.25. The fourth-order valence-corrected chi connectivity index (χ4v) is 5.25. The van der Waals surface area contributed by atoms with Crippen molar-refractivity contribution in [2.45, 2.75) is 92.9 Å². The molecule has 0 fully saturated rings. The number of carbonyl (C=O) groups excluding carboxylic acids is 2. The minimum absolute atomic E-state index is 0.181. The molecule has 0 heterocycles. The van der Waals surface area contributed by atoms with Gasteiger partial charge in [0.25, 0.3) is 0 Å². The number of rotatable bonds is 18. The van der Waals surface area contributed by atoms with Crippen LogP contribution >= 0.6 is 0 Å². The maximum atomic E-state index is 12.7. The van der Waals surface area contributed by atoms with E-state index in [1.807, 2.05) is 50.2 Å². The largest absolute Gasteiger partial charge is 0.481 e. The van der Waals surface area contributed by atoms with E-state index >= 15 is 0 Å². The van der Waals surface area contributed by atoms with E-state index < -0.39 is 0 Å². The molecule has 230 valence electrons. The number of esters is 2. The Morgan fingerprint density at radius 1 is 0.619 bits per heavy atom. The van der Waals surface area contributed by atoms with Crippen LogP contribution in [-0.2, 0) is 19.1 Å². The number of benzene rings is 3. The van der Waals surface area contributed by atoms with Crippen LogP contribution < -0.4 is 9.47 Å². The first-order valence-corrected chi connectivity index (χ1v) is 15.8. The highest BCUT2D eigenvalue weighted by Gasteiger charge is 2.20. The molecule has 42 heavy (non-hydrogen) atoms. The molecule has 0 aliphatic heterocycles. The lowest BCUT2D eigenvalue weighted by Gasteiger charge is -2.19. The molecule has 0 aromatic heterocycles. The predicted molar refractivity (Wildman–Crippen MR) is 170 cm³/mol. The van der Waals surface area contributed by atoms with Gasteiger partial charge in [-0.2, -0.15) is 0 Å². The number of ether oxygens (including phenoxy) is 4. The highest BCUT2D eigenvalue weighted by atomic mass is 16.6. The Morgan fingerprint density at radius 2 is 1.02 bits per heavy atom. The second-order valence-corrected chi connectivity index (χ2v) is 11.5. The second-order valence-electron chi connectivity index (χ2n) is 11.5. The summed E-state index contributed by atoms with van der Waals surface area (Å²) in [6.45, 7) is 13.1. The molecule has 0 N–H and O–H groups in total. The Bertz CT molecular complexity index is 1210. The monoisotopic (exact) mass is 578 g/mol. The Hall–Kier alpha value is -3.28. The van der Waals surface area contributed by atoms with Gasteiger partial charge in [0.15, 0.2) is 13.2 Å². The van der Waals surface area contributed by atoms with Crippen LogP contribution in [0.1, 0.15) is 90.2 Å². The van der Waals surface area contributed by atoms with Crippen molar-refractivity contribution < 1.29 is 28.5 Å². The molecule has 2 atom stereocenters. The molecule has 0 aliphatic rings. The first-order valence-electron chi connectivity index (χ1n) is 15.8. The van der Waals surface area contributed by atoms with Crippen LogP contribution in [0.3, 0.4) is 0 Å². The van der Waals surface area contributed by atoms with Crippen molar-refractivity contribution in [1.82, 2.24) is 0 Å². The molecular weight excluding hydrogens is 528 g/mol. The summed E-state index contributed by atoms with van der Waals surface area (Å²) in [5.74, 6) is 1.20. The number of fused-ring (bicyclic) bond motifs is 2. The van der Waals surface area contributed by atoms with Gasteiger partial charge in [0.1, 0.15) is 11.5 Å². The van der Waals surface area contributed by atoms with E-state index in [1.165, 1.54) is 0 Å². The molecular formula is C36H50O6. The maximum absolute atomic E-state index is 12.7. The molecule has 3 rings (SSSR count). The van der Waals surface area contributed by atoms with E-state index in [0.717, 1.165) is 84.0 Å². The van der Waals surface area contributed by atoms with E-state index in [4.69, 9.17) is 18.9 Å². The number of hydrogen-bond acceptors (Lipinski definition) is 6. The lowest BCUT2D eigenvalue weighted by Crippen LogP contribution is -2.20. The van der Waals surface area contributed by atoms with Gasteiger partial charge in [-0.3, -0.25) is 0 Å².